The molecule has 24 heavy (non-hydrogen) atoms. The van der Waals surface area contributed by atoms with E-state index in [9.17, 15) is 14.4 Å². The molecule has 138 valence electrons. The first-order valence-corrected chi connectivity index (χ1v) is 9.17. The van der Waals surface area contributed by atoms with E-state index in [0.29, 0.717) is 12.8 Å². The van der Waals surface area contributed by atoms with Crippen molar-refractivity contribution in [2.24, 2.45) is 4.99 Å². The molecule has 0 saturated heterocycles. The molecule has 0 spiro atoms. The van der Waals surface area contributed by atoms with E-state index in [-0.39, 0.29) is 17.5 Å². The number of nitrogens with zero attached hydrogens (tertiary/aromatic N) is 1. The molecule has 0 unspecified atom stereocenters. The Morgan fingerprint density at radius 1 is 0.792 bits per heavy atom. The molecule has 0 radical (unpaired) electrons. The monoisotopic (exact) mass is 339 g/mol. The number of unbranched alkanes of at least 4 members (excludes halogenated alkanes) is 9. The fourth-order valence-electron chi connectivity index (χ4n) is 2.46. The zero-order chi connectivity index (χ0) is 18.3. The molecule has 0 fully saturated rings. The Hall–Kier alpha value is -1.48. The van der Waals surface area contributed by atoms with Crippen LogP contribution in [0.25, 0.3) is 0 Å². The van der Waals surface area contributed by atoms with Crippen molar-refractivity contribution >= 4 is 18.0 Å². The van der Waals surface area contributed by atoms with Crippen LogP contribution in [0.3, 0.4) is 0 Å². The van der Waals surface area contributed by atoms with Gasteiger partial charge in [0.15, 0.2) is 0 Å². The summed E-state index contributed by atoms with van der Waals surface area (Å²) in [5, 5.41) is 0. The number of amides is 1. The van der Waals surface area contributed by atoms with Crippen molar-refractivity contribution in [2.75, 3.05) is 0 Å². The van der Waals surface area contributed by atoms with Crippen LogP contribution in [0.15, 0.2) is 4.99 Å². The van der Waals surface area contributed by atoms with E-state index < -0.39 is 0 Å². The summed E-state index contributed by atoms with van der Waals surface area (Å²) < 4.78 is 5.27. The number of aliphatic imine (C=N–C) groups is 1. The second kappa shape index (κ2) is 13.9. The van der Waals surface area contributed by atoms with Gasteiger partial charge in [-0.05, 0) is 33.6 Å². The minimum Gasteiger partial charge on any atom is -0.460 e. The minimum absolute atomic E-state index is 0.0974. The van der Waals surface area contributed by atoms with Crippen LogP contribution in [-0.2, 0) is 19.1 Å². The third kappa shape index (κ3) is 16.9. The average Bonchev–Trinajstić information content (AvgIpc) is 2.46. The molecule has 1 amide bonds. The molecule has 0 aromatic carbocycles. The number of esters is 1. The lowest BCUT2D eigenvalue weighted by molar-refractivity contribution is -0.154. The minimum atomic E-state index is -0.383. The quantitative estimate of drug-likeness (QED) is 0.208. The van der Waals surface area contributed by atoms with Gasteiger partial charge in [0.2, 0.25) is 6.08 Å². The van der Waals surface area contributed by atoms with E-state index in [1.165, 1.54) is 38.2 Å². The lowest BCUT2D eigenvalue weighted by Gasteiger charge is -2.19. The fraction of sp³-hybridized carbons (Fsp3) is 0.842. The maximum atomic E-state index is 11.5. The topological polar surface area (TPSA) is 72.8 Å². The van der Waals surface area contributed by atoms with Crippen LogP contribution >= 0.6 is 0 Å². The number of rotatable bonds is 13. The summed E-state index contributed by atoms with van der Waals surface area (Å²) in [7, 11) is 0. The van der Waals surface area contributed by atoms with E-state index in [0.717, 1.165) is 32.1 Å². The van der Waals surface area contributed by atoms with Gasteiger partial charge in [-0.3, -0.25) is 9.59 Å². The van der Waals surface area contributed by atoms with Gasteiger partial charge in [0.05, 0.1) is 0 Å². The SMILES string of the molecule is CC(C)(C)OC(=O)CCCCCCCCCCCCC(=O)N=C=O. The lowest BCUT2D eigenvalue weighted by Crippen LogP contribution is -2.23. The summed E-state index contributed by atoms with van der Waals surface area (Å²) in [4.78, 5) is 35.4. The second-order valence-electron chi connectivity index (χ2n) is 7.22. The van der Waals surface area contributed by atoms with Crippen molar-refractivity contribution in [3.05, 3.63) is 0 Å². The molecule has 0 heterocycles. The summed E-state index contributed by atoms with van der Waals surface area (Å²) in [5.41, 5.74) is -0.383. The van der Waals surface area contributed by atoms with Crippen molar-refractivity contribution in [1.29, 1.82) is 0 Å². The molecule has 0 aromatic rings. The number of ether oxygens (including phenoxy) is 1. The number of isocyanates is 1. The molecule has 0 aliphatic heterocycles. The smallest absolute Gasteiger partial charge is 0.306 e. The molecule has 5 nitrogen and oxygen atoms in total. The average molecular weight is 339 g/mol. The van der Waals surface area contributed by atoms with Crippen LogP contribution < -0.4 is 0 Å². The molecule has 0 atom stereocenters. The maximum Gasteiger partial charge on any atom is 0.306 e. The maximum absolute atomic E-state index is 11.5. The first-order chi connectivity index (χ1) is 11.3. The fourth-order valence-corrected chi connectivity index (χ4v) is 2.46. The Labute approximate surface area is 146 Å². The molecule has 0 aliphatic rings. The van der Waals surface area contributed by atoms with Gasteiger partial charge in [-0.2, -0.15) is 0 Å². The van der Waals surface area contributed by atoms with Crippen LogP contribution in [0.4, 0.5) is 0 Å². The van der Waals surface area contributed by atoms with Gasteiger partial charge in [-0.1, -0.05) is 51.4 Å². The molecule has 0 N–H and O–H groups in total. The standard InChI is InChI=1S/C19H33NO4/c1-19(2,3)24-18(23)15-13-11-9-7-5-4-6-8-10-12-14-17(22)20-16-21/h4-15H2,1-3H3. The van der Waals surface area contributed by atoms with Crippen LogP contribution in [0.5, 0.6) is 0 Å². The Morgan fingerprint density at radius 3 is 1.62 bits per heavy atom. The highest BCUT2D eigenvalue weighted by Gasteiger charge is 2.15. The molecule has 0 saturated carbocycles. The normalized spacial score (nSPS) is 11.0. The molecule has 0 rings (SSSR count). The van der Waals surface area contributed by atoms with E-state index in [1.54, 1.807) is 0 Å². The predicted molar refractivity (Wildman–Crippen MR) is 94.4 cm³/mol. The summed E-state index contributed by atoms with van der Waals surface area (Å²) in [6.45, 7) is 5.67. The molecule has 0 aromatic heterocycles. The van der Waals surface area contributed by atoms with Gasteiger partial charge in [0.25, 0.3) is 5.91 Å². The Kier molecular flexibility index (Phi) is 13.1. The van der Waals surface area contributed by atoms with Crippen LogP contribution in [0, 0.1) is 0 Å². The first kappa shape index (κ1) is 22.5. The van der Waals surface area contributed by atoms with Gasteiger partial charge in [0.1, 0.15) is 5.60 Å². The van der Waals surface area contributed by atoms with E-state index in [4.69, 9.17) is 4.74 Å². The highest BCUT2D eigenvalue weighted by Crippen LogP contribution is 2.14. The Bertz CT molecular complexity index is 406. The van der Waals surface area contributed by atoms with Crippen molar-refractivity contribution in [3.63, 3.8) is 0 Å². The van der Waals surface area contributed by atoms with Crippen LogP contribution in [-0.4, -0.2) is 23.6 Å². The molecule has 0 bridgehead atoms. The molecular formula is C19H33NO4. The third-order valence-electron chi connectivity index (χ3n) is 3.61. The van der Waals surface area contributed by atoms with Crippen LogP contribution in [0.1, 0.15) is 97.8 Å². The van der Waals surface area contributed by atoms with Gasteiger partial charge in [-0.25, -0.2) is 4.79 Å². The molecule has 5 heteroatoms. The van der Waals surface area contributed by atoms with E-state index in [1.807, 2.05) is 20.8 Å². The van der Waals surface area contributed by atoms with E-state index in [2.05, 4.69) is 4.99 Å². The largest absolute Gasteiger partial charge is 0.460 e. The van der Waals surface area contributed by atoms with Crippen LogP contribution in [0.2, 0.25) is 0 Å². The first-order valence-electron chi connectivity index (χ1n) is 9.17. The zero-order valence-electron chi connectivity index (χ0n) is 15.6. The van der Waals surface area contributed by atoms with Gasteiger partial charge < -0.3 is 4.74 Å². The van der Waals surface area contributed by atoms with Gasteiger partial charge in [-0.15, -0.1) is 4.99 Å². The number of carbonyl (C=O) groups is 2. The zero-order valence-corrected chi connectivity index (χ0v) is 15.6. The van der Waals surface area contributed by atoms with Gasteiger partial charge in [0, 0.05) is 12.8 Å². The molecular weight excluding hydrogens is 306 g/mol. The van der Waals surface area contributed by atoms with Crippen molar-refractivity contribution in [1.82, 2.24) is 0 Å². The van der Waals surface area contributed by atoms with Crippen molar-refractivity contribution < 1.29 is 19.1 Å². The Morgan fingerprint density at radius 2 is 1.21 bits per heavy atom. The third-order valence-corrected chi connectivity index (χ3v) is 3.61. The summed E-state index contributed by atoms with van der Waals surface area (Å²) >= 11 is 0. The van der Waals surface area contributed by atoms with Gasteiger partial charge >= 0.3 is 5.97 Å². The van der Waals surface area contributed by atoms with Crippen molar-refractivity contribution in [2.45, 2.75) is 103 Å². The summed E-state index contributed by atoms with van der Waals surface area (Å²) in [5.74, 6) is -0.462. The summed E-state index contributed by atoms with van der Waals surface area (Å²) in [6, 6.07) is 0. The number of hydrogen-bond donors (Lipinski definition) is 0. The van der Waals surface area contributed by atoms with Crippen molar-refractivity contribution in [3.8, 4) is 0 Å². The lowest BCUT2D eigenvalue weighted by atomic mass is 10.0. The highest BCUT2D eigenvalue weighted by molar-refractivity contribution is 5.81. The second-order valence-corrected chi connectivity index (χ2v) is 7.22. The summed E-state index contributed by atoms with van der Waals surface area (Å²) in [6.07, 6.45) is 13.1. The predicted octanol–water partition coefficient (Wildman–Crippen LogP) is 4.87. The number of carbonyl (C=O) groups excluding carboxylic acids is 3. The Balaban J connectivity index is 3.27. The number of hydrogen-bond acceptors (Lipinski definition) is 4. The van der Waals surface area contributed by atoms with E-state index >= 15 is 0 Å². The highest BCUT2D eigenvalue weighted by atomic mass is 16.6. The molecule has 0 aliphatic carbocycles.